The van der Waals surface area contributed by atoms with E-state index in [4.69, 9.17) is 21.4 Å². The van der Waals surface area contributed by atoms with Gasteiger partial charge in [-0.1, -0.05) is 6.42 Å². The molecule has 12 nitrogen and oxygen atoms in total. The van der Waals surface area contributed by atoms with Crippen molar-refractivity contribution >= 4 is 35.2 Å². The van der Waals surface area contributed by atoms with Crippen LogP contribution in [0.5, 0.6) is 0 Å². The number of unbranched alkanes of at least 4 members (excludes halogenated alkanes) is 2. The summed E-state index contributed by atoms with van der Waals surface area (Å²) in [7, 11) is 0. The maximum Gasteiger partial charge on any atom is 0.290 e. The molecule has 0 bridgehead atoms. The number of aromatic amines is 1. The van der Waals surface area contributed by atoms with E-state index in [1.54, 1.807) is 12.1 Å². The molecule has 3 rings (SSSR count). The Bertz CT molecular complexity index is 1090. The van der Waals surface area contributed by atoms with Crippen LogP contribution in [0.3, 0.4) is 0 Å². The van der Waals surface area contributed by atoms with Crippen LogP contribution in [-0.4, -0.2) is 50.5 Å². The minimum absolute atomic E-state index is 0.00219. The highest BCUT2D eigenvalue weighted by molar-refractivity contribution is 5.94. The predicted molar refractivity (Wildman–Crippen MR) is 120 cm³/mol. The topological polar surface area (TPSA) is 202 Å². The van der Waals surface area contributed by atoms with E-state index in [0.29, 0.717) is 30.9 Å². The van der Waals surface area contributed by atoms with Crippen molar-refractivity contribution in [2.45, 2.75) is 25.8 Å². The molecule has 0 saturated carbocycles. The zero-order valence-corrected chi connectivity index (χ0v) is 17.4. The Kier molecular flexibility index (Phi) is 9.53. The molecule has 0 saturated heterocycles. The zero-order chi connectivity index (χ0) is 23.3. The molecule has 32 heavy (non-hydrogen) atoms. The quantitative estimate of drug-likeness (QED) is 0.200. The first-order valence-electron chi connectivity index (χ1n) is 9.90. The van der Waals surface area contributed by atoms with E-state index in [2.05, 4.69) is 30.6 Å². The normalized spacial score (nSPS) is 10.2. The summed E-state index contributed by atoms with van der Waals surface area (Å²) >= 11 is 0. The molecule has 8 N–H and O–H groups in total. The molecular formula is C20H26N8O4. The van der Waals surface area contributed by atoms with Crippen LogP contribution in [0.1, 0.15) is 35.3 Å². The third kappa shape index (κ3) is 7.32. The van der Waals surface area contributed by atoms with Gasteiger partial charge in [0, 0.05) is 17.8 Å². The predicted octanol–water partition coefficient (Wildman–Crippen LogP) is 0.467. The van der Waals surface area contributed by atoms with Crippen molar-refractivity contribution in [2.75, 3.05) is 24.1 Å². The Balaban J connectivity index is 0.00000114. The van der Waals surface area contributed by atoms with Gasteiger partial charge in [-0.05, 0) is 43.7 Å². The maximum atomic E-state index is 12.1. The summed E-state index contributed by atoms with van der Waals surface area (Å²) in [5.74, 6) is -0.0990. The standard InChI is InChI=1S/C19H24N8O2.CH2O2/c20-8-2-1-3-9-22-17(28)12-4-6-13(7-5-12)23-10-14-11-24-16-15(25-14)18(29)27-19(21)26-16;2-1-3/h4-7,11,23H,1-3,8-10,20H2,(H,22,28)(H3,21,24,26,27,29);1H,(H,2,3). The van der Waals surface area contributed by atoms with Crippen molar-refractivity contribution in [1.29, 1.82) is 0 Å². The van der Waals surface area contributed by atoms with Gasteiger partial charge in [-0.15, -0.1) is 0 Å². The maximum absolute atomic E-state index is 12.1. The average molecular weight is 442 g/mol. The number of nitrogen functional groups attached to an aromatic ring is 1. The number of anilines is 2. The van der Waals surface area contributed by atoms with Crippen LogP contribution in [0.25, 0.3) is 11.2 Å². The smallest absolute Gasteiger partial charge is 0.290 e. The minimum Gasteiger partial charge on any atom is -0.483 e. The number of benzene rings is 1. The molecule has 170 valence electrons. The molecular weight excluding hydrogens is 416 g/mol. The lowest BCUT2D eigenvalue weighted by atomic mass is 10.2. The second-order valence-corrected chi connectivity index (χ2v) is 6.63. The largest absolute Gasteiger partial charge is 0.483 e. The van der Waals surface area contributed by atoms with Gasteiger partial charge in [-0.3, -0.25) is 19.4 Å². The third-order valence-corrected chi connectivity index (χ3v) is 4.27. The third-order valence-electron chi connectivity index (χ3n) is 4.27. The van der Waals surface area contributed by atoms with Crippen molar-refractivity contribution < 1.29 is 14.7 Å². The Morgan fingerprint density at radius 2 is 1.88 bits per heavy atom. The van der Waals surface area contributed by atoms with Crippen LogP contribution in [0.2, 0.25) is 0 Å². The first-order valence-corrected chi connectivity index (χ1v) is 9.90. The van der Waals surface area contributed by atoms with E-state index in [9.17, 15) is 9.59 Å². The second kappa shape index (κ2) is 12.6. The van der Waals surface area contributed by atoms with Gasteiger partial charge in [0.2, 0.25) is 5.95 Å². The average Bonchev–Trinajstić information content (AvgIpc) is 2.78. The Labute approximate surface area is 183 Å². The fourth-order valence-corrected chi connectivity index (χ4v) is 2.74. The summed E-state index contributed by atoms with van der Waals surface area (Å²) in [6, 6.07) is 7.13. The highest BCUT2D eigenvalue weighted by Gasteiger charge is 2.07. The zero-order valence-electron chi connectivity index (χ0n) is 17.4. The van der Waals surface area contributed by atoms with Gasteiger partial charge in [0.15, 0.2) is 11.2 Å². The molecule has 12 heteroatoms. The number of nitrogens with two attached hydrogens (primary N) is 2. The summed E-state index contributed by atoms with van der Waals surface area (Å²) in [4.78, 5) is 47.1. The van der Waals surface area contributed by atoms with Crippen molar-refractivity contribution in [3.63, 3.8) is 0 Å². The van der Waals surface area contributed by atoms with E-state index in [1.807, 2.05) is 12.1 Å². The van der Waals surface area contributed by atoms with Crippen molar-refractivity contribution in [1.82, 2.24) is 25.3 Å². The van der Waals surface area contributed by atoms with Crippen molar-refractivity contribution in [3.8, 4) is 0 Å². The van der Waals surface area contributed by atoms with Crippen molar-refractivity contribution in [2.24, 2.45) is 5.73 Å². The lowest BCUT2D eigenvalue weighted by Crippen LogP contribution is -2.24. The molecule has 3 aromatic rings. The monoisotopic (exact) mass is 442 g/mol. The van der Waals surface area contributed by atoms with Crippen LogP contribution in [0.15, 0.2) is 35.3 Å². The van der Waals surface area contributed by atoms with Crippen LogP contribution in [0, 0.1) is 0 Å². The number of carboxylic acid groups (broad SMARTS) is 1. The number of aromatic nitrogens is 4. The summed E-state index contributed by atoms with van der Waals surface area (Å²) in [6.45, 7) is 1.42. The van der Waals surface area contributed by atoms with Gasteiger partial charge in [-0.2, -0.15) is 4.98 Å². The summed E-state index contributed by atoms with van der Waals surface area (Å²) in [5.41, 5.74) is 12.8. The minimum atomic E-state index is -0.430. The molecule has 1 amide bonds. The molecule has 0 aliphatic rings. The Morgan fingerprint density at radius 3 is 2.56 bits per heavy atom. The van der Waals surface area contributed by atoms with Crippen LogP contribution >= 0.6 is 0 Å². The van der Waals surface area contributed by atoms with E-state index < -0.39 is 5.56 Å². The number of fused-ring (bicyclic) bond motifs is 1. The molecule has 0 spiro atoms. The van der Waals surface area contributed by atoms with Gasteiger partial charge < -0.3 is 27.2 Å². The molecule has 2 heterocycles. The number of carbonyl (C=O) groups excluding carboxylic acids is 1. The number of hydrogen-bond donors (Lipinski definition) is 6. The van der Waals surface area contributed by atoms with Gasteiger partial charge in [0.1, 0.15) is 0 Å². The number of hydrogen-bond acceptors (Lipinski definition) is 9. The first kappa shape index (κ1) is 24.2. The number of nitrogens with zero attached hydrogens (tertiary/aromatic N) is 3. The van der Waals surface area contributed by atoms with E-state index >= 15 is 0 Å². The lowest BCUT2D eigenvalue weighted by Gasteiger charge is -2.08. The summed E-state index contributed by atoms with van der Waals surface area (Å²) in [5, 5.41) is 13.0. The lowest BCUT2D eigenvalue weighted by molar-refractivity contribution is -0.122. The molecule has 0 unspecified atom stereocenters. The number of amides is 1. The Hall–Kier alpha value is -4.06. The molecule has 2 aromatic heterocycles. The number of H-pyrrole nitrogens is 1. The number of nitrogens with one attached hydrogen (secondary N) is 3. The van der Waals surface area contributed by atoms with Gasteiger partial charge in [-0.25, -0.2) is 9.97 Å². The molecule has 0 radical (unpaired) electrons. The van der Waals surface area contributed by atoms with Gasteiger partial charge >= 0.3 is 0 Å². The fraction of sp³-hybridized carbons (Fsp3) is 0.300. The molecule has 0 atom stereocenters. The number of rotatable bonds is 9. The molecule has 0 fully saturated rings. The van der Waals surface area contributed by atoms with E-state index in [0.717, 1.165) is 24.9 Å². The highest BCUT2D eigenvalue weighted by atomic mass is 16.3. The van der Waals surface area contributed by atoms with Crippen LogP contribution < -0.4 is 27.7 Å². The summed E-state index contributed by atoms with van der Waals surface area (Å²) < 4.78 is 0. The highest BCUT2D eigenvalue weighted by Crippen LogP contribution is 2.11. The van der Waals surface area contributed by atoms with Crippen LogP contribution in [0.4, 0.5) is 11.6 Å². The van der Waals surface area contributed by atoms with Crippen molar-refractivity contribution in [3.05, 3.63) is 52.1 Å². The molecule has 0 aliphatic heterocycles. The van der Waals surface area contributed by atoms with Crippen LogP contribution in [-0.2, 0) is 11.3 Å². The summed E-state index contributed by atoms with van der Waals surface area (Å²) in [6.07, 6.45) is 4.43. The first-order chi connectivity index (χ1) is 15.5. The second-order valence-electron chi connectivity index (χ2n) is 6.63. The number of carbonyl (C=O) groups is 2. The van der Waals surface area contributed by atoms with Gasteiger partial charge in [0.25, 0.3) is 17.9 Å². The SMILES string of the molecule is NCCCCCNC(=O)c1ccc(NCc2cnc3nc(N)[nH]c(=O)c3n2)cc1.O=CO. The Morgan fingerprint density at radius 1 is 1.16 bits per heavy atom. The molecule has 0 aliphatic carbocycles. The van der Waals surface area contributed by atoms with E-state index in [-0.39, 0.29) is 29.5 Å². The van der Waals surface area contributed by atoms with E-state index in [1.165, 1.54) is 6.20 Å². The van der Waals surface area contributed by atoms with Gasteiger partial charge in [0.05, 0.1) is 18.4 Å². The molecule has 1 aromatic carbocycles. The fourth-order valence-electron chi connectivity index (χ4n) is 2.74.